The smallest absolute Gasteiger partial charge is 0.416 e. The molecule has 0 saturated carbocycles. The van der Waals surface area contributed by atoms with Gasteiger partial charge in [0.25, 0.3) is 5.69 Å². The van der Waals surface area contributed by atoms with Gasteiger partial charge in [0.2, 0.25) is 5.82 Å². The average molecular weight is 332 g/mol. The van der Waals surface area contributed by atoms with Gasteiger partial charge in [-0.05, 0) is 17.7 Å². The minimum absolute atomic E-state index is 0.130. The summed E-state index contributed by atoms with van der Waals surface area (Å²) >= 11 is 4.63. The second-order valence-electron chi connectivity index (χ2n) is 3.86. The summed E-state index contributed by atoms with van der Waals surface area (Å²) in [5, 5.41) is 16.0. The molecule has 0 spiro atoms. The molecule has 2 rings (SSSR count). The van der Waals surface area contributed by atoms with E-state index < -0.39 is 49.3 Å². The van der Waals surface area contributed by atoms with Crippen molar-refractivity contribution >= 4 is 28.3 Å². The SMILES string of the molecule is O=[N+]([O-])c1cc(C(F)(F)F)cc2c1nc(C(F)(F)Cl)n2O. The van der Waals surface area contributed by atoms with Crippen molar-refractivity contribution in [2.75, 3.05) is 0 Å². The molecule has 0 radical (unpaired) electrons. The normalized spacial score (nSPS) is 12.9. The second kappa shape index (κ2) is 4.41. The molecule has 114 valence electrons. The van der Waals surface area contributed by atoms with Crippen LogP contribution < -0.4 is 0 Å². The Kier molecular flexibility index (Phi) is 3.20. The molecule has 0 aliphatic rings. The van der Waals surface area contributed by atoms with Gasteiger partial charge in [-0.1, -0.05) is 0 Å². The number of nitro benzene ring substituents is 1. The Morgan fingerprint density at radius 2 is 1.86 bits per heavy atom. The van der Waals surface area contributed by atoms with Crippen LogP contribution in [0.3, 0.4) is 0 Å². The van der Waals surface area contributed by atoms with Crippen LogP contribution in [0.25, 0.3) is 11.0 Å². The van der Waals surface area contributed by atoms with Crippen LogP contribution in [0.15, 0.2) is 12.1 Å². The number of imidazole rings is 1. The summed E-state index contributed by atoms with van der Waals surface area (Å²) in [6.45, 7) is 0. The number of nitro groups is 1. The number of halogens is 6. The highest BCUT2D eigenvalue weighted by atomic mass is 35.5. The number of hydrogen-bond donors (Lipinski definition) is 1. The van der Waals surface area contributed by atoms with Crippen molar-refractivity contribution in [3.63, 3.8) is 0 Å². The first-order chi connectivity index (χ1) is 9.43. The highest BCUT2D eigenvalue weighted by Crippen LogP contribution is 2.39. The maximum absolute atomic E-state index is 13.0. The molecule has 0 aliphatic carbocycles. The number of fused-ring (bicyclic) bond motifs is 1. The van der Waals surface area contributed by atoms with Gasteiger partial charge in [-0.3, -0.25) is 10.1 Å². The first kappa shape index (κ1) is 15.2. The lowest BCUT2D eigenvalue weighted by atomic mass is 10.1. The predicted octanol–water partition coefficient (Wildman–Crippen LogP) is 3.49. The van der Waals surface area contributed by atoms with Crippen molar-refractivity contribution < 1.29 is 32.1 Å². The van der Waals surface area contributed by atoms with Gasteiger partial charge in [0.1, 0.15) is 5.52 Å². The maximum Gasteiger partial charge on any atom is 0.416 e. The molecule has 0 aliphatic heterocycles. The minimum Gasteiger partial charge on any atom is -0.426 e. The lowest BCUT2D eigenvalue weighted by Gasteiger charge is -2.07. The second-order valence-corrected chi connectivity index (χ2v) is 4.34. The third-order valence-electron chi connectivity index (χ3n) is 2.49. The zero-order valence-electron chi connectivity index (χ0n) is 9.53. The van der Waals surface area contributed by atoms with Gasteiger partial charge in [0.15, 0.2) is 5.52 Å². The van der Waals surface area contributed by atoms with E-state index in [4.69, 9.17) is 0 Å². The quantitative estimate of drug-likeness (QED) is 0.300. The van der Waals surface area contributed by atoms with E-state index in [1.165, 1.54) is 0 Å². The van der Waals surface area contributed by atoms with Crippen molar-refractivity contribution in [1.82, 2.24) is 9.71 Å². The molecule has 12 heteroatoms. The van der Waals surface area contributed by atoms with E-state index in [-0.39, 0.29) is 12.1 Å². The van der Waals surface area contributed by atoms with Gasteiger partial charge in [0, 0.05) is 6.07 Å². The molecular formula is C9H3ClF5N3O3. The van der Waals surface area contributed by atoms with Crippen molar-refractivity contribution in [2.45, 2.75) is 11.6 Å². The van der Waals surface area contributed by atoms with Gasteiger partial charge < -0.3 is 5.21 Å². The lowest BCUT2D eigenvalue weighted by molar-refractivity contribution is -0.383. The Morgan fingerprint density at radius 1 is 1.29 bits per heavy atom. The third kappa shape index (κ3) is 2.55. The van der Waals surface area contributed by atoms with Crippen LogP contribution >= 0.6 is 11.6 Å². The fourth-order valence-electron chi connectivity index (χ4n) is 1.63. The molecule has 0 atom stereocenters. The van der Waals surface area contributed by atoms with E-state index in [1.807, 2.05) is 0 Å². The summed E-state index contributed by atoms with van der Waals surface area (Å²) in [7, 11) is 0. The van der Waals surface area contributed by atoms with E-state index in [2.05, 4.69) is 16.6 Å². The summed E-state index contributed by atoms with van der Waals surface area (Å²) < 4.78 is 63.4. The van der Waals surface area contributed by atoms with Gasteiger partial charge >= 0.3 is 11.6 Å². The highest BCUT2D eigenvalue weighted by molar-refractivity contribution is 6.21. The number of hydrogen-bond acceptors (Lipinski definition) is 4. The monoisotopic (exact) mass is 331 g/mol. The molecule has 0 amide bonds. The fourth-order valence-corrected chi connectivity index (χ4v) is 1.76. The molecule has 21 heavy (non-hydrogen) atoms. The van der Waals surface area contributed by atoms with Gasteiger partial charge in [0.05, 0.1) is 10.5 Å². The first-order valence-electron chi connectivity index (χ1n) is 4.97. The van der Waals surface area contributed by atoms with Crippen LogP contribution in [0.2, 0.25) is 0 Å². The van der Waals surface area contributed by atoms with Crippen LogP contribution in [0.4, 0.5) is 27.6 Å². The zero-order chi connectivity index (χ0) is 16.2. The Balaban J connectivity index is 2.90. The summed E-state index contributed by atoms with van der Waals surface area (Å²) in [4.78, 5) is 12.6. The molecule has 1 aromatic carbocycles. The van der Waals surface area contributed by atoms with E-state index in [0.717, 1.165) is 0 Å². The molecule has 0 bridgehead atoms. The Bertz CT molecular complexity index is 737. The van der Waals surface area contributed by atoms with E-state index >= 15 is 0 Å². The molecule has 0 unspecified atom stereocenters. The molecule has 6 nitrogen and oxygen atoms in total. The average Bonchev–Trinajstić information content (AvgIpc) is 2.64. The molecule has 1 heterocycles. The summed E-state index contributed by atoms with van der Waals surface area (Å²) in [5.41, 5.74) is -4.44. The third-order valence-corrected chi connectivity index (χ3v) is 2.66. The molecule has 1 aromatic heterocycles. The predicted molar refractivity (Wildman–Crippen MR) is 58.3 cm³/mol. The van der Waals surface area contributed by atoms with Crippen LogP contribution in [0.1, 0.15) is 11.4 Å². The van der Waals surface area contributed by atoms with Crippen LogP contribution in [-0.2, 0) is 11.6 Å². The Morgan fingerprint density at radius 3 is 2.29 bits per heavy atom. The minimum atomic E-state index is -4.98. The number of non-ortho nitro benzene ring substituents is 1. The molecule has 0 fully saturated rings. The summed E-state index contributed by atoms with van der Waals surface area (Å²) in [6.07, 6.45) is -4.98. The van der Waals surface area contributed by atoms with Crippen LogP contribution in [0, 0.1) is 10.1 Å². The fraction of sp³-hybridized carbons (Fsp3) is 0.222. The van der Waals surface area contributed by atoms with Crippen molar-refractivity contribution in [3.8, 4) is 0 Å². The number of alkyl halides is 6. The highest BCUT2D eigenvalue weighted by Gasteiger charge is 2.39. The molecular weight excluding hydrogens is 329 g/mol. The summed E-state index contributed by atoms with van der Waals surface area (Å²) in [6, 6.07) is 0.382. The number of aromatic nitrogens is 2. The van der Waals surface area contributed by atoms with E-state index in [1.54, 1.807) is 0 Å². The van der Waals surface area contributed by atoms with E-state index in [9.17, 15) is 37.3 Å². The standard InChI is InChI=1S/C9H3ClF5N3O3/c10-8(11,12)7-16-6-4(17(7)19)1-3(9(13,14)15)2-5(6)18(20)21/h1-2,19H. The van der Waals surface area contributed by atoms with Crippen LogP contribution in [-0.4, -0.2) is 19.8 Å². The Labute approximate surface area is 116 Å². The molecule has 2 aromatic rings. The number of rotatable bonds is 2. The van der Waals surface area contributed by atoms with E-state index in [0.29, 0.717) is 0 Å². The first-order valence-corrected chi connectivity index (χ1v) is 5.35. The number of nitrogens with zero attached hydrogens (tertiary/aromatic N) is 3. The summed E-state index contributed by atoms with van der Waals surface area (Å²) in [5.74, 6) is -1.53. The lowest BCUT2D eigenvalue weighted by Crippen LogP contribution is -2.12. The Hall–Kier alpha value is -2.17. The van der Waals surface area contributed by atoms with Crippen LogP contribution in [0.5, 0.6) is 0 Å². The van der Waals surface area contributed by atoms with Gasteiger partial charge in [-0.25, -0.2) is 4.98 Å². The number of benzene rings is 1. The maximum atomic E-state index is 13.0. The van der Waals surface area contributed by atoms with Crippen molar-refractivity contribution in [1.29, 1.82) is 0 Å². The topological polar surface area (TPSA) is 81.2 Å². The molecule has 1 N–H and O–H groups in total. The molecule has 0 saturated heterocycles. The van der Waals surface area contributed by atoms with Gasteiger partial charge in [-0.15, -0.1) is 0 Å². The van der Waals surface area contributed by atoms with Crippen molar-refractivity contribution in [3.05, 3.63) is 33.6 Å². The van der Waals surface area contributed by atoms with Crippen molar-refractivity contribution in [2.24, 2.45) is 0 Å². The zero-order valence-corrected chi connectivity index (χ0v) is 10.3. The largest absolute Gasteiger partial charge is 0.426 e. The van der Waals surface area contributed by atoms with Gasteiger partial charge in [-0.2, -0.15) is 26.7 Å².